The first-order chi connectivity index (χ1) is 9.44. The van der Waals surface area contributed by atoms with Gasteiger partial charge < -0.3 is 0 Å². The van der Waals surface area contributed by atoms with Crippen LogP contribution in [0.3, 0.4) is 0 Å². The molecule has 0 amide bonds. The summed E-state index contributed by atoms with van der Waals surface area (Å²) in [4.78, 5) is 15.7. The zero-order chi connectivity index (χ0) is 14.6. The number of hydrogen-bond donors (Lipinski definition) is 0. The van der Waals surface area contributed by atoms with Gasteiger partial charge in [0.05, 0.1) is 12.1 Å². The lowest BCUT2D eigenvalue weighted by Gasteiger charge is -2.06. The highest BCUT2D eigenvalue weighted by Crippen LogP contribution is 2.02. The summed E-state index contributed by atoms with van der Waals surface area (Å²) < 4.78 is 1.60. The molecule has 0 spiro atoms. The van der Waals surface area contributed by atoms with E-state index in [9.17, 15) is 4.79 Å². The minimum Gasteiger partial charge on any atom is -0.294 e. The van der Waals surface area contributed by atoms with Crippen LogP contribution in [0.15, 0.2) is 47.5 Å². The summed E-state index contributed by atoms with van der Waals surface area (Å²) in [5.41, 5.74) is 4.91. The van der Waals surface area contributed by atoms with Gasteiger partial charge in [-0.2, -0.15) is 0 Å². The Morgan fingerprint density at radius 3 is 2.55 bits per heavy atom. The van der Waals surface area contributed by atoms with E-state index in [0.29, 0.717) is 6.54 Å². The molecule has 0 fully saturated rings. The van der Waals surface area contributed by atoms with Crippen LogP contribution in [0.25, 0.3) is 0 Å². The lowest BCUT2D eigenvalue weighted by atomic mass is 10.2. The van der Waals surface area contributed by atoms with Crippen LogP contribution in [0, 0.1) is 11.5 Å². The fourth-order valence-electron chi connectivity index (χ4n) is 1.67. The second-order valence-electron chi connectivity index (χ2n) is 5.74. The van der Waals surface area contributed by atoms with Gasteiger partial charge in [0.15, 0.2) is 0 Å². The Morgan fingerprint density at radius 1 is 1.20 bits per heavy atom. The van der Waals surface area contributed by atoms with Gasteiger partial charge in [0.25, 0.3) is 0 Å². The Labute approximate surface area is 120 Å². The predicted octanol–water partition coefficient (Wildman–Crippen LogP) is 2.52. The van der Waals surface area contributed by atoms with E-state index in [-0.39, 0.29) is 5.69 Å². The van der Waals surface area contributed by atoms with Gasteiger partial charge in [-0.1, -0.05) is 55.9 Å². The minimum atomic E-state index is -1.42. The molecule has 2 aromatic rings. The monoisotopic (exact) mass is 282 g/mol. The fraction of sp³-hybridized carbons (Fsp3) is 0.250. The third kappa shape index (κ3) is 4.21. The van der Waals surface area contributed by atoms with E-state index in [2.05, 4.69) is 36.1 Å². The number of benzene rings is 1. The zero-order valence-corrected chi connectivity index (χ0v) is 13.1. The van der Waals surface area contributed by atoms with Crippen molar-refractivity contribution in [3.8, 4) is 11.5 Å². The van der Waals surface area contributed by atoms with Gasteiger partial charge in [-0.3, -0.25) is 4.57 Å². The van der Waals surface area contributed by atoms with Gasteiger partial charge in [0, 0.05) is 12.4 Å². The third-order valence-corrected chi connectivity index (χ3v) is 3.51. The highest BCUT2D eigenvalue weighted by Gasteiger charge is 2.07. The van der Waals surface area contributed by atoms with E-state index in [1.165, 1.54) is 0 Å². The van der Waals surface area contributed by atoms with Gasteiger partial charge in [0.2, 0.25) is 0 Å². The molecule has 20 heavy (non-hydrogen) atoms. The van der Waals surface area contributed by atoms with Crippen LogP contribution in [-0.4, -0.2) is 17.6 Å². The summed E-state index contributed by atoms with van der Waals surface area (Å²) in [6.07, 6.45) is 3.34. The maximum Gasteiger partial charge on any atom is 0.347 e. The van der Waals surface area contributed by atoms with Gasteiger partial charge >= 0.3 is 5.69 Å². The molecule has 1 aromatic heterocycles. The predicted molar refractivity (Wildman–Crippen MR) is 84.3 cm³/mol. The molecule has 4 heteroatoms. The van der Waals surface area contributed by atoms with Crippen molar-refractivity contribution in [1.82, 2.24) is 9.55 Å². The van der Waals surface area contributed by atoms with Crippen LogP contribution < -0.4 is 5.69 Å². The van der Waals surface area contributed by atoms with Crippen molar-refractivity contribution >= 4 is 8.07 Å². The standard InChI is InChI=1S/C16H18N2OSi/c1-20(2,3)10-9-15-11-17-16(19)18(13-15)12-14-7-5-4-6-8-14/h4-8,11,13H,12H2,1-3H3. The second-order valence-corrected chi connectivity index (χ2v) is 10.5. The zero-order valence-electron chi connectivity index (χ0n) is 12.1. The Balaban J connectivity index is 2.30. The SMILES string of the molecule is C[Si](C)(C)C#Cc1cnc(=O)n(Cc2ccccc2)c1. The van der Waals surface area contributed by atoms with E-state index < -0.39 is 8.07 Å². The Bertz CT molecular complexity index is 703. The summed E-state index contributed by atoms with van der Waals surface area (Å²) in [5.74, 6) is 3.13. The maximum absolute atomic E-state index is 11.8. The van der Waals surface area contributed by atoms with Crippen LogP contribution in [0.4, 0.5) is 0 Å². The lowest BCUT2D eigenvalue weighted by Crippen LogP contribution is -2.23. The smallest absolute Gasteiger partial charge is 0.294 e. The first kappa shape index (κ1) is 14.3. The summed E-state index contributed by atoms with van der Waals surface area (Å²) in [7, 11) is -1.42. The maximum atomic E-state index is 11.8. The van der Waals surface area contributed by atoms with Crippen molar-refractivity contribution in [2.75, 3.05) is 0 Å². The van der Waals surface area contributed by atoms with Crippen molar-refractivity contribution in [2.24, 2.45) is 0 Å². The third-order valence-electron chi connectivity index (χ3n) is 2.63. The fourth-order valence-corrected chi connectivity index (χ4v) is 2.19. The first-order valence-corrected chi connectivity index (χ1v) is 10.1. The summed E-state index contributed by atoms with van der Waals surface area (Å²) in [5, 5.41) is 0. The molecule has 0 bridgehead atoms. The van der Waals surface area contributed by atoms with Crippen molar-refractivity contribution in [3.05, 3.63) is 64.3 Å². The van der Waals surface area contributed by atoms with Crippen LogP contribution in [0.1, 0.15) is 11.1 Å². The molecule has 1 heterocycles. The molecule has 2 rings (SSSR count). The van der Waals surface area contributed by atoms with Crippen molar-refractivity contribution in [3.63, 3.8) is 0 Å². The summed E-state index contributed by atoms with van der Waals surface area (Å²) in [6.45, 7) is 7.09. The highest BCUT2D eigenvalue weighted by atomic mass is 28.3. The minimum absolute atomic E-state index is 0.243. The molecular weight excluding hydrogens is 264 g/mol. The molecule has 0 radical (unpaired) electrons. The topological polar surface area (TPSA) is 34.9 Å². The van der Waals surface area contributed by atoms with Gasteiger partial charge in [-0.25, -0.2) is 9.78 Å². The van der Waals surface area contributed by atoms with Crippen molar-refractivity contribution < 1.29 is 0 Å². The molecule has 0 aliphatic carbocycles. The Morgan fingerprint density at radius 2 is 1.90 bits per heavy atom. The first-order valence-electron chi connectivity index (χ1n) is 6.58. The highest BCUT2D eigenvalue weighted by molar-refractivity contribution is 6.83. The summed E-state index contributed by atoms with van der Waals surface area (Å²) >= 11 is 0. The van der Waals surface area contributed by atoms with E-state index >= 15 is 0 Å². The molecule has 0 saturated heterocycles. The largest absolute Gasteiger partial charge is 0.347 e. The molecule has 0 aliphatic heterocycles. The lowest BCUT2D eigenvalue weighted by molar-refractivity contribution is 0.725. The van der Waals surface area contributed by atoms with Gasteiger partial charge in [-0.05, 0) is 5.56 Å². The number of rotatable bonds is 2. The molecular formula is C16H18N2OSi. The van der Waals surface area contributed by atoms with E-state index in [1.54, 1.807) is 17.0 Å². The quantitative estimate of drug-likeness (QED) is 0.626. The van der Waals surface area contributed by atoms with Crippen LogP contribution in [0.5, 0.6) is 0 Å². The summed E-state index contributed by atoms with van der Waals surface area (Å²) in [6, 6.07) is 9.87. The Hall–Kier alpha value is -2.12. The van der Waals surface area contributed by atoms with Crippen LogP contribution in [-0.2, 0) is 6.54 Å². The van der Waals surface area contributed by atoms with E-state index in [0.717, 1.165) is 11.1 Å². The molecule has 0 saturated carbocycles. The average Bonchev–Trinajstić information content (AvgIpc) is 2.40. The molecule has 0 aliphatic rings. The average molecular weight is 282 g/mol. The van der Waals surface area contributed by atoms with E-state index in [1.807, 2.05) is 30.3 Å². The number of aromatic nitrogens is 2. The molecule has 102 valence electrons. The normalized spacial score (nSPS) is 10.8. The molecule has 0 atom stereocenters. The Kier molecular flexibility index (Phi) is 4.21. The van der Waals surface area contributed by atoms with E-state index in [4.69, 9.17) is 0 Å². The molecule has 0 unspecified atom stereocenters. The van der Waals surface area contributed by atoms with Gasteiger partial charge in [0.1, 0.15) is 8.07 Å². The van der Waals surface area contributed by atoms with Crippen LogP contribution in [0.2, 0.25) is 19.6 Å². The number of nitrogens with zero attached hydrogens (tertiary/aromatic N) is 2. The van der Waals surface area contributed by atoms with Gasteiger partial charge in [-0.15, -0.1) is 5.54 Å². The molecule has 3 nitrogen and oxygen atoms in total. The van der Waals surface area contributed by atoms with Crippen molar-refractivity contribution in [2.45, 2.75) is 26.2 Å². The van der Waals surface area contributed by atoms with Crippen LogP contribution >= 0.6 is 0 Å². The molecule has 1 aromatic carbocycles. The number of hydrogen-bond acceptors (Lipinski definition) is 2. The van der Waals surface area contributed by atoms with Crippen molar-refractivity contribution in [1.29, 1.82) is 0 Å². The second kappa shape index (κ2) is 5.89. The molecule has 0 N–H and O–H groups in total.